The summed E-state index contributed by atoms with van der Waals surface area (Å²) in [7, 11) is -1.46. The monoisotopic (exact) mass is 270 g/mol. The van der Waals surface area contributed by atoms with Gasteiger partial charge in [0.05, 0.1) is 4.90 Å². The zero-order chi connectivity index (χ0) is 13.8. The van der Waals surface area contributed by atoms with Crippen molar-refractivity contribution in [1.82, 2.24) is 9.62 Å². The summed E-state index contributed by atoms with van der Waals surface area (Å²) >= 11 is 0. The fourth-order valence-electron chi connectivity index (χ4n) is 1.81. The van der Waals surface area contributed by atoms with E-state index in [0.717, 1.165) is 5.56 Å². The first-order chi connectivity index (χ1) is 8.47. The van der Waals surface area contributed by atoms with E-state index in [4.69, 9.17) is 0 Å². The van der Waals surface area contributed by atoms with Gasteiger partial charge in [0.1, 0.15) is 0 Å². The standard InChI is InChI=1S/C13H22N2O2S/c1-5-15(6-2)18(16,17)13-9-7-12(8-10-13)11(3)14-4/h7-11,14H,5-6H2,1-4H3. The summed E-state index contributed by atoms with van der Waals surface area (Å²) in [5.74, 6) is 0. The maximum atomic E-state index is 12.3. The molecule has 0 aliphatic heterocycles. The maximum Gasteiger partial charge on any atom is 0.243 e. The molecule has 0 bridgehead atoms. The number of sulfonamides is 1. The molecule has 5 heteroatoms. The number of nitrogens with zero attached hydrogens (tertiary/aromatic N) is 1. The molecule has 18 heavy (non-hydrogen) atoms. The van der Waals surface area contributed by atoms with Crippen LogP contribution in [0.15, 0.2) is 29.2 Å². The van der Waals surface area contributed by atoms with Gasteiger partial charge in [0, 0.05) is 19.1 Å². The summed E-state index contributed by atoms with van der Waals surface area (Å²) in [6.45, 7) is 6.71. The lowest BCUT2D eigenvalue weighted by Crippen LogP contribution is -2.30. The fourth-order valence-corrected chi connectivity index (χ4v) is 3.27. The molecule has 1 rings (SSSR count). The van der Waals surface area contributed by atoms with E-state index in [1.165, 1.54) is 4.31 Å². The molecule has 102 valence electrons. The van der Waals surface area contributed by atoms with Crippen molar-refractivity contribution < 1.29 is 8.42 Å². The van der Waals surface area contributed by atoms with Crippen LogP contribution in [0.4, 0.5) is 0 Å². The van der Waals surface area contributed by atoms with Crippen LogP contribution in [0.1, 0.15) is 32.4 Å². The van der Waals surface area contributed by atoms with E-state index in [1.807, 2.05) is 40.0 Å². The van der Waals surface area contributed by atoms with Crippen molar-refractivity contribution in [2.45, 2.75) is 31.7 Å². The van der Waals surface area contributed by atoms with Crippen LogP contribution in [0.3, 0.4) is 0 Å². The molecule has 1 unspecified atom stereocenters. The lowest BCUT2D eigenvalue weighted by Gasteiger charge is -2.19. The number of hydrogen-bond donors (Lipinski definition) is 1. The smallest absolute Gasteiger partial charge is 0.243 e. The molecule has 1 aromatic rings. The molecule has 0 amide bonds. The lowest BCUT2D eigenvalue weighted by molar-refractivity contribution is 0.445. The van der Waals surface area contributed by atoms with E-state index in [1.54, 1.807) is 12.1 Å². The maximum absolute atomic E-state index is 12.3. The third kappa shape index (κ3) is 3.10. The Morgan fingerprint density at radius 1 is 1.17 bits per heavy atom. The van der Waals surface area contributed by atoms with Gasteiger partial charge < -0.3 is 5.32 Å². The minimum absolute atomic E-state index is 0.218. The molecule has 1 N–H and O–H groups in total. The van der Waals surface area contributed by atoms with Crippen LogP contribution in [0, 0.1) is 0 Å². The summed E-state index contributed by atoms with van der Waals surface area (Å²) in [5, 5.41) is 3.12. The van der Waals surface area contributed by atoms with Crippen molar-refractivity contribution in [3.8, 4) is 0 Å². The average Bonchev–Trinajstić information content (AvgIpc) is 2.39. The predicted octanol–water partition coefficient (Wildman–Crippen LogP) is 2.00. The minimum Gasteiger partial charge on any atom is -0.313 e. The summed E-state index contributed by atoms with van der Waals surface area (Å²) in [4.78, 5) is 0.359. The highest BCUT2D eigenvalue weighted by Gasteiger charge is 2.21. The van der Waals surface area contributed by atoms with Gasteiger partial charge >= 0.3 is 0 Å². The van der Waals surface area contributed by atoms with Crippen LogP contribution < -0.4 is 5.32 Å². The highest BCUT2D eigenvalue weighted by molar-refractivity contribution is 7.89. The molecule has 0 radical (unpaired) electrons. The zero-order valence-corrected chi connectivity index (χ0v) is 12.3. The van der Waals surface area contributed by atoms with Crippen LogP contribution in [0.2, 0.25) is 0 Å². The molecular formula is C13H22N2O2S. The van der Waals surface area contributed by atoms with E-state index in [-0.39, 0.29) is 6.04 Å². The Balaban J connectivity index is 3.05. The largest absolute Gasteiger partial charge is 0.313 e. The third-order valence-electron chi connectivity index (χ3n) is 3.16. The molecule has 1 aromatic carbocycles. The Bertz CT molecular complexity index is 464. The molecule has 4 nitrogen and oxygen atoms in total. The van der Waals surface area contributed by atoms with Crippen molar-refractivity contribution in [3.05, 3.63) is 29.8 Å². The van der Waals surface area contributed by atoms with E-state index in [9.17, 15) is 8.42 Å². The summed E-state index contributed by atoms with van der Waals surface area (Å²) < 4.78 is 26.0. The van der Waals surface area contributed by atoms with Gasteiger partial charge in [-0.25, -0.2) is 8.42 Å². The number of benzene rings is 1. The Morgan fingerprint density at radius 3 is 2.06 bits per heavy atom. The van der Waals surface area contributed by atoms with Gasteiger partial charge in [-0.2, -0.15) is 4.31 Å². The predicted molar refractivity (Wildman–Crippen MR) is 74.0 cm³/mol. The van der Waals surface area contributed by atoms with Crippen LogP contribution in [0.25, 0.3) is 0 Å². The van der Waals surface area contributed by atoms with Crippen molar-refractivity contribution >= 4 is 10.0 Å². The van der Waals surface area contributed by atoms with Gasteiger partial charge in [-0.05, 0) is 31.7 Å². The normalized spacial score (nSPS) is 13.8. The molecule has 0 spiro atoms. The van der Waals surface area contributed by atoms with Gasteiger partial charge in [0.15, 0.2) is 0 Å². The molecular weight excluding hydrogens is 248 g/mol. The number of hydrogen-bond acceptors (Lipinski definition) is 3. The first-order valence-corrected chi connectivity index (χ1v) is 7.68. The van der Waals surface area contributed by atoms with Crippen molar-refractivity contribution in [3.63, 3.8) is 0 Å². The highest BCUT2D eigenvalue weighted by atomic mass is 32.2. The average molecular weight is 270 g/mol. The van der Waals surface area contributed by atoms with Crippen LogP contribution in [-0.2, 0) is 10.0 Å². The lowest BCUT2D eigenvalue weighted by atomic mass is 10.1. The molecule has 0 aromatic heterocycles. The van der Waals surface area contributed by atoms with Gasteiger partial charge in [0.25, 0.3) is 0 Å². The molecule has 0 heterocycles. The molecule has 0 saturated carbocycles. The topological polar surface area (TPSA) is 49.4 Å². The molecule has 0 saturated heterocycles. The summed E-state index contributed by atoms with van der Waals surface area (Å²) in [6.07, 6.45) is 0. The van der Waals surface area contributed by atoms with E-state index in [2.05, 4.69) is 5.32 Å². The Morgan fingerprint density at radius 2 is 1.67 bits per heavy atom. The first kappa shape index (κ1) is 15.1. The second-order valence-electron chi connectivity index (χ2n) is 4.17. The minimum atomic E-state index is -3.34. The Hall–Kier alpha value is -0.910. The quantitative estimate of drug-likeness (QED) is 0.860. The molecule has 0 aliphatic rings. The highest BCUT2D eigenvalue weighted by Crippen LogP contribution is 2.19. The van der Waals surface area contributed by atoms with Gasteiger partial charge in [0.2, 0.25) is 10.0 Å². The van der Waals surface area contributed by atoms with E-state index < -0.39 is 10.0 Å². The summed E-state index contributed by atoms with van der Waals surface area (Å²) in [6, 6.07) is 7.29. The number of rotatable bonds is 6. The second-order valence-corrected chi connectivity index (χ2v) is 6.11. The van der Waals surface area contributed by atoms with E-state index in [0.29, 0.717) is 18.0 Å². The Labute approximate surface area is 110 Å². The van der Waals surface area contributed by atoms with Crippen LogP contribution in [0.5, 0.6) is 0 Å². The van der Waals surface area contributed by atoms with Crippen molar-refractivity contribution in [2.75, 3.05) is 20.1 Å². The third-order valence-corrected chi connectivity index (χ3v) is 5.22. The first-order valence-electron chi connectivity index (χ1n) is 6.24. The molecule has 0 fully saturated rings. The second kappa shape index (κ2) is 6.31. The van der Waals surface area contributed by atoms with E-state index >= 15 is 0 Å². The van der Waals surface area contributed by atoms with Crippen molar-refractivity contribution in [2.24, 2.45) is 0 Å². The summed E-state index contributed by atoms with van der Waals surface area (Å²) in [5.41, 5.74) is 1.08. The SMILES string of the molecule is CCN(CC)S(=O)(=O)c1ccc(C(C)NC)cc1. The fraction of sp³-hybridized carbons (Fsp3) is 0.538. The molecule has 0 aliphatic carbocycles. The Kier molecular flexibility index (Phi) is 5.31. The van der Waals surface area contributed by atoms with Gasteiger partial charge in [-0.3, -0.25) is 0 Å². The molecule has 1 atom stereocenters. The zero-order valence-electron chi connectivity index (χ0n) is 11.5. The van der Waals surface area contributed by atoms with Crippen LogP contribution in [-0.4, -0.2) is 32.9 Å². The van der Waals surface area contributed by atoms with Gasteiger partial charge in [-0.15, -0.1) is 0 Å². The van der Waals surface area contributed by atoms with Crippen molar-refractivity contribution in [1.29, 1.82) is 0 Å². The van der Waals surface area contributed by atoms with Gasteiger partial charge in [-0.1, -0.05) is 26.0 Å². The van der Waals surface area contributed by atoms with Crippen LogP contribution >= 0.6 is 0 Å². The number of nitrogens with one attached hydrogen (secondary N) is 1.